The Morgan fingerprint density at radius 3 is 2.86 bits per heavy atom. The van der Waals surface area contributed by atoms with Crippen molar-refractivity contribution in [1.82, 2.24) is 9.88 Å². The molecule has 2 N–H and O–H groups in total. The second-order valence-corrected chi connectivity index (χ2v) is 7.10. The van der Waals surface area contributed by atoms with E-state index in [0.29, 0.717) is 12.5 Å². The summed E-state index contributed by atoms with van der Waals surface area (Å²) >= 11 is 1.65. The van der Waals surface area contributed by atoms with Crippen molar-refractivity contribution in [2.75, 3.05) is 25.0 Å². The topological polar surface area (TPSA) is 65.5 Å². The van der Waals surface area contributed by atoms with Gasteiger partial charge in [-0.3, -0.25) is 4.79 Å². The number of aliphatic carboxylic acids is 1. The number of anilines is 1. The lowest BCUT2D eigenvalue weighted by atomic mass is 10.1. The summed E-state index contributed by atoms with van der Waals surface area (Å²) < 4.78 is 0. The fraction of sp³-hybridized carbons (Fsp3) is 0.733. The number of rotatable bonds is 5. The molecule has 1 aliphatic heterocycles. The molecule has 1 aromatic heterocycles. The molecule has 1 saturated heterocycles. The highest BCUT2D eigenvalue weighted by atomic mass is 32.1. The number of aromatic nitrogens is 1. The summed E-state index contributed by atoms with van der Waals surface area (Å²) in [5, 5.41) is 13.6. The fourth-order valence-corrected chi connectivity index (χ4v) is 4.44. The third kappa shape index (κ3) is 3.21. The first-order valence-electron chi connectivity index (χ1n) is 7.88. The molecule has 0 aromatic carbocycles. The van der Waals surface area contributed by atoms with E-state index in [1.807, 2.05) is 0 Å². The molecule has 21 heavy (non-hydrogen) atoms. The van der Waals surface area contributed by atoms with E-state index in [2.05, 4.69) is 22.1 Å². The second kappa shape index (κ2) is 6.32. The van der Waals surface area contributed by atoms with Gasteiger partial charge < -0.3 is 15.3 Å². The summed E-state index contributed by atoms with van der Waals surface area (Å²) in [5.41, 5.74) is 0.804. The van der Waals surface area contributed by atoms with Crippen LogP contribution in [0.1, 0.15) is 49.1 Å². The van der Waals surface area contributed by atoms with E-state index in [0.717, 1.165) is 48.1 Å². The molecule has 1 aromatic rings. The van der Waals surface area contributed by atoms with E-state index >= 15 is 0 Å². The van der Waals surface area contributed by atoms with E-state index in [-0.39, 0.29) is 0 Å². The van der Waals surface area contributed by atoms with E-state index in [9.17, 15) is 9.90 Å². The van der Waals surface area contributed by atoms with Gasteiger partial charge in [-0.2, -0.15) is 0 Å². The van der Waals surface area contributed by atoms with Crippen molar-refractivity contribution in [3.63, 3.8) is 0 Å². The van der Waals surface area contributed by atoms with Gasteiger partial charge in [0.15, 0.2) is 5.13 Å². The van der Waals surface area contributed by atoms with Gasteiger partial charge in [-0.15, -0.1) is 11.3 Å². The zero-order chi connectivity index (χ0) is 14.8. The minimum Gasteiger partial charge on any atom is -0.481 e. The highest BCUT2D eigenvalue weighted by molar-refractivity contribution is 7.15. The molecule has 2 aliphatic rings. The second-order valence-electron chi connectivity index (χ2n) is 6.02. The molecule has 0 saturated carbocycles. The molecule has 1 unspecified atom stereocenters. The normalized spacial score (nSPS) is 23.2. The summed E-state index contributed by atoms with van der Waals surface area (Å²) in [6, 6.07) is 0.479. The van der Waals surface area contributed by atoms with Crippen molar-refractivity contribution in [3.8, 4) is 0 Å². The highest BCUT2D eigenvalue weighted by Crippen LogP contribution is 2.38. The van der Waals surface area contributed by atoms with E-state index < -0.39 is 11.9 Å². The number of hydrogen-bond donors (Lipinski definition) is 2. The minimum absolute atomic E-state index is 0.391. The lowest BCUT2D eigenvalue weighted by Gasteiger charge is -2.32. The molecule has 1 aliphatic carbocycles. The molecule has 0 radical (unpaired) electrons. The molecule has 0 spiro atoms. The van der Waals surface area contributed by atoms with Gasteiger partial charge in [-0.05, 0) is 38.6 Å². The van der Waals surface area contributed by atoms with Gasteiger partial charge >= 0.3 is 5.97 Å². The Balaban J connectivity index is 1.58. The Morgan fingerprint density at radius 2 is 2.19 bits per heavy atom. The van der Waals surface area contributed by atoms with Gasteiger partial charge in [-0.25, -0.2) is 4.98 Å². The van der Waals surface area contributed by atoms with Gasteiger partial charge in [-0.1, -0.05) is 6.92 Å². The van der Waals surface area contributed by atoms with Crippen molar-refractivity contribution in [3.05, 3.63) is 10.6 Å². The van der Waals surface area contributed by atoms with Crippen molar-refractivity contribution < 1.29 is 9.90 Å². The SMILES string of the molecule is CCCN1CCC(Nc2nc3c(s2)CCC3C(=O)O)CC1. The maximum Gasteiger partial charge on any atom is 0.312 e. The Morgan fingerprint density at radius 1 is 1.43 bits per heavy atom. The first-order valence-corrected chi connectivity index (χ1v) is 8.70. The largest absolute Gasteiger partial charge is 0.481 e. The molecule has 0 amide bonds. The summed E-state index contributed by atoms with van der Waals surface area (Å²) in [6.45, 7) is 5.71. The van der Waals surface area contributed by atoms with Gasteiger partial charge in [0.1, 0.15) is 5.92 Å². The van der Waals surface area contributed by atoms with Crippen molar-refractivity contribution in [2.45, 2.75) is 51.0 Å². The van der Waals surface area contributed by atoms with Crippen LogP contribution in [0, 0.1) is 0 Å². The van der Waals surface area contributed by atoms with Crippen molar-refractivity contribution in [1.29, 1.82) is 0 Å². The van der Waals surface area contributed by atoms with Crippen LogP contribution in [-0.2, 0) is 11.2 Å². The number of fused-ring (bicyclic) bond motifs is 1. The summed E-state index contributed by atoms with van der Waals surface area (Å²) in [6.07, 6.45) is 5.08. The number of carboxylic acids is 1. The predicted octanol–water partition coefficient (Wildman–Crippen LogP) is 2.54. The van der Waals surface area contributed by atoms with E-state index in [1.165, 1.54) is 13.0 Å². The summed E-state index contributed by atoms with van der Waals surface area (Å²) in [4.78, 5) is 19.4. The Bertz CT molecular complexity index is 509. The maximum atomic E-state index is 11.2. The third-order valence-electron chi connectivity index (χ3n) is 4.47. The summed E-state index contributed by atoms with van der Waals surface area (Å²) in [7, 11) is 0. The van der Waals surface area contributed by atoms with Crippen LogP contribution in [0.3, 0.4) is 0 Å². The first-order chi connectivity index (χ1) is 10.2. The van der Waals surface area contributed by atoms with Crippen LogP contribution in [0.15, 0.2) is 0 Å². The highest BCUT2D eigenvalue weighted by Gasteiger charge is 2.32. The average Bonchev–Trinajstić information content (AvgIpc) is 3.00. The molecule has 6 heteroatoms. The quantitative estimate of drug-likeness (QED) is 0.875. The molecule has 3 rings (SSSR count). The predicted molar refractivity (Wildman–Crippen MR) is 84.2 cm³/mol. The van der Waals surface area contributed by atoms with Crippen molar-refractivity contribution >= 4 is 22.4 Å². The lowest BCUT2D eigenvalue weighted by molar-refractivity contribution is -0.138. The standard InChI is InChI=1S/C15H23N3O2S/c1-2-7-18-8-5-10(6-9-18)16-15-17-13-11(14(19)20)3-4-12(13)21-15/h10-11H,2-9H2,1H3,(H,16,17)(H,19,20). The van der Waals surface area contributed by atoms with Crippen LogP contribution in [0.4, 0.5) is 5.13 Å². The monoisotopic (exact) mass is 309 g/mol. The van der Waals surface area contributed by atoms with Gasteiger partial charge in [0, 0.05) is 24.0 Å². The van der Waals surface area contributed by atoms with Crippen LogP contribution in [0.2, 0.25) is 0 Å². The Kier molecular flexibility index (Phi) is 4.45. The molecular weight excluding hydrogens is 286 g/mol. The van der Waals surface area contributed by atoms with Gasteiger partial charge in [0.2, 0.25) is 0 Å². The van der Waals surface area contributed by atoms with Crippen molar-refractivity contribution in [2.24, 2.45) is 0 Å². The number of carbonyl (C=O) groups is 1. The van der Waals surface area contributed by atoms with Gasteiger partial charge in [0.25, 0.3) is 0 Å². The molecule has 2 heterocycles. The minimum atomic E-state index is -0.738. The smallest absolute Gasteiger partial charge is 0.312 e. The Labute approximate surface area is 129 Å². The van der Waals surface area contributed by atoms with E-state index in [1.54, 1.807) is 11.3 Å². The van der Waals surface area contributed by atoms with Gasteiger partial charge in [0.05, 0.1) is 5.69 Å². The molecule has 0 bridgehead atoms. The lowest BCUT2D eigenvalue weighted by Crippen LogP contribution is -2.39. The van der Waals surface area contributed by atoms with Crippen LogP contribution in [0.25, 0.3) is 0 Å². The third-order valence-corrected chi connectivity index (χ3v) is 5.53. The molecule has 1 atom stereocenters. The zero-order valence-electron chi connectivity index (χ0n) is 12.5. The Hall–Kier alpha value is -1.14. The van der Waals surface area contributed by atoms with Crippen LogP contribution < -0.4 is 5.32 Å². The average molecular weight is 309 g/mol. The van der Waals surface area contributed by atoms with Crippen LogP contribution >= 0.6 is 11.3 Å². The van der Waals surface area contributed by atoms with Crippen LogP contribution in [-0.4, -0.2) is 46.6 Å². The number of hydrogen-bond acceptors (Lipinski definition) is 5. The number of nitrogens with zero attached hydrogens (tertiary/aromatic N) is 2. The number of thiazole rings is 1. The fourth-order valence-electron chi connectivity index (χ4n) is 3.32. The molecule has 5 nitrogen and oxygen atoms in total. The summed E-state index contributed by atoms with van der Waals surface area (Å²) in [5.74, 6) is -1.13. The number of nitrogens with one attached hydrogen (secondary N) is 1. The molecule has 116 valence electrons. The number of piperidine rings is 1. The van der Waals surface area contributed by atoms with Crippen LogP contribution in [0.5, 0.6) is 0 Å². The molecule has 1 fully saturated rings. The first kappa shape index (κ1) is 14.8. The number of carboxylic acid groups (broad SMARTS) is 1. The maximum absolute atomic E-state index is 11.2. The molecular formula is C15H23N3O2S. The zero-order valence-corrected chi connectivity index (χ0v) is 13.3. The van der Waals surface area contributed by atoms with E-state index in [4.69, 9.17) is 0 Å². The number of likely N-dealkylation sites (tertiary alicyclic amines) is 1. The number of aryl methyl sites for hydroxylation is 1.